The maximum Gasteiger partial charge on any atom is 0.330 e. The number of nitrogens with zero attached hydrogens (tertiary/aromatic N) is 1. The molecule has 6 nitrogen and oxygen atoms in total. The molecule has 1 saturated heterocycles. The number of urea groups is 1. The van der Waals surface area contributed by atoms with Gasteiger partial charge in [0, 0.05) is 18.3 Å². The van der Waals surface area contributed by atoms with Gasteiger partial charge >= 0.3 is 12.0 Å². The van der Waals surface area contributed by atoms with Crippen LogP contribution in [0.2, 0.25) is 0 Å². The Labute approximate surface area is 177 Å². The summed E-state index contributed by atoms with van der Waals surface area (Å²) in [7, 11) is 0. The second-order valence-corrected chi connectivity index (χ2v) is 6.99. The highest BCUT2D eigenvalue weighted by Gasteiger charge is 2.30. The van der Waals surface area contributed by atoms with Gasteiger partial charge in [0.1, 0.15) is 5.75 Å². The average molecular weight is 408 g/mol. The summed E-state index contributed by atoms with van der Waals surface area (Å²) in [6, 6.07) is 15.3. The first-order chi connectivity index (χ1) is 14.6. The molecule has 1 unspecified atom stereocenters. The summed E-state index contributed by atoms with van der Waals surface area (Å²) in [6.07, 6.45) is 5.00. The highest BCUT2D eigenvalue weighted by Crippen LogP contribution is 2.33. The van der Waals surface area contributed by atoms with Crippen molar-refractivity contribution in [1.82, 2.24) is 4.90 Å². The molecule has 6 heteroatoms. The molecule has 0 spiro atoms. The van der Waals surface area contributed by atoms with Crippen LogP contribution < -0.4 is 10.1 Å². The summed E-state index contributed by atoms with van der Waals surface area (Å²) in [4.78, 5) is 26.1. The topological polar surface area (TPSA) is 67.9 Å². The monoisotopic (exact) mass is 408 g/mol. The van der Waals surface area contributed by atoms with Crippen molar-refractivity contribution in [3.05, 3.63) is 65.7 Å². The van der Waals surface area contributed by atoms with E-state index in [1.807, 2.05) is 60.4 Å². The minimum Gasteiger partial charge on any atom is -0.494 e. The van der Waals surface area contributed by atoms with E-state index in [1.54, 1.807) is 13.0 Å². The molecule has 3 rings (SSSR count). The van der Waals surface area contributed by atoms with E-state index in [-0.39, 0.29) is 18.0 Å². The van der Waals surface area contributed by atoms with E-state index in [1.165, 1.54) is 6.08 Å². The van der Waals surface area contributed by atoms with Crippen molar-refractivity contribution in [3.63, 3.8) is 0 Å². The summed E-state index contributed by atoms with van der Waals surface area (Å²) in [5.41, 5.74) is 2.69. The zero-order valence-corrected chi connectivity index (χ0v) is 17.5. The number of benzene rings is 2. The summed E-state index contributed by atoms with van der Waals surface area (Å²) in [6.45, 7) is 5.44. The molecule has 1 aliphatic rings. The number of likely N-dealkylation sites (tertiary alicyclic amines) is 1. The minimum atomic E-state index is -0.371. The lowest BCUT2D eigenvalue weighted by Crippen LogP contribution is -2.34. The van der Waals surface area contributed by atoms with Gasteiger partial charge in [0.2, 0.25) is 0 Å². The zero-order chi connectivity index (χ0) is 21.3. The first-order valence-corrected chi connectivity index (χ1v) is 10.4. The van der Waals surface area contributed by atoms with Gasteiger partial charge in [-0.15, -0.1) is 0 Å². The molecule has 1 fully saturated rings. The van der Waals surface area contributed by atoms with Crippen molar-refractivity contribution >= 4 is 23.8 Å². The zero-order valence-electron chi connectivity index (χ0n) is 17.5. The molecule has 2 aromatic rings. The predicted octanol–water partition coefficient (Wildman–Crippen LogP) is 5.03. The SMILES string of the molecule is CCOC(=O)C=Cc1ccc(NC(=O)N2CCCC2c2ccc(OCC)cc2)cc1. The third-order valence-electron chi connectivity index (χ3n) is 4.95. The van der Waals surface area contributed by atoms with E-state index in [9.17, 15) is 9.59 Å². The molecule has 0 bridgehead atoms. The Morgan fingerprint density at radius 3 is 2.47 bits per heavy atom. The van der Waals surface area contributed by atoms with Gasteiger partial charge in [-0.3, -0.25) is 0 Å². The fraction of sp³-hybridized carbons (Fsp3) is 0.333. The van der Waals surface area contributed by atoms with E-state index in [2.05, 4.69) is 5.32 Å². The van der Waals surface area contributed by atoms with Crippen LogP contribution in [0.3, 0.4) is 0 Å². The summed E-state index contributed by atoms with van der Waals surface area (Å²) < 4.78 is 10.4. The van der Waals surface area contributed by atoms with Crippen molar-refractivity contribution in [3.8, 4) is 5.75 Å². The van der Waals surface area contributed by atoms with Gasteiger partial charge in [0.15, 0.2) is 0 Å². The van der Waals surface area contributed by atoms with E-state index in [0.717, 1.165) is 36.3 Å². The van der Waals surface area contributed by atoms with Crippen LogP contribution >= 0.6 is 0 Å². The van der Waals surface area contributed by atoms with E-state index < -0.39 is 0 Å². The molecule has 158 valence electrons. The largest absolute Gasteiger partial charge is 0.494 e. The lowest BCUT2D eigenvalue weighted by molar-refractivity contribution is -0.137. The summed E-state index contributed by atoms with van der Waals surface area (Å²) in [5, 5.41) is 2.97. The van der Waals surface area contributed by atoms with Crippen LogP contribution in [-0.2, 0) is 9.53 Å². The van der Waals surface area contributed by atoms with Gasteiger partial charge in [0.05, 0.1) is 19.3 Å². The van der Waals surface area contributed by atoms with Gasteiger partial charge in [-0.2, -0.15) is 0 Å². The smallest absolute Gasteiger partial charge is 0.330 e. The van der Waals surface area contributed by atoms with Crippen LogP contribution in [0, 0.1) is 0 Å². The second-order valence-electron chi connectivity index (χ2n) is 6.99. The lowest BCUT2D eigenvalue weighted by Gasteiger charge is -2.25. The lowest BCUT2D eigenvalue weighted by atomic mass is 10.0. The molecule has 1 heterocycles. The number of hydrogen-bond donors (Lipinski definition) is 1. The van der Waals surface area contributed by atoms with Gasteiger partial charge < -0.3 is 19.7 Å². The van der Waals surface area contributed by atoms with E-state index in [4.69, 9.17) is 9.47 Å². The van der Waals surface area contributed by atoms with E-state index >= 15 is 0 Å². The molecular weight excluding hydrogens is 380 g/mol. The Morgan fingerprint density at radius 2 is 1.80 bits per heavy atom. The maximum atomic E-state index is 12.9. The average Bonchev–Trinajstić information content (AvgIpc) is 3.24. The molecule has 30 heavy (non-hydrogen) atoms. The van der Waals surface area contributed by atoms with Crippen molar-refractivity contribution < 1.29 is 19.1 Å². The van der Waals surface area contributed by atoms with Crippen molar-refractivity contribution in [2.75, 3.05) is 25.1 Å². The van der Waals surface area contributed by atoms with Gasteiger partial charge in [-0.1, -0.05) is 24.3 Å². The number of carbonyl (C=O) groups is 2. The Bertz CT molecular complexity index is 875. The number of rotatable bonds is 7. The van der Waals surface area contributed by atoms with Gasteiger partial charge in [0.25, 0.3) is 0 Å². The number of nitrogens with one attached hydrogen (secondary N) is 1. The molecule has 1 N–H and O–H groups in total. The highest BCUT2D eigenvalue weighted by molar-refractivity contribution is 5.90. The maximum absolute atomic E-state index is 12.9. The normalized spacial score (nSPS) is 15.9. The molecule has 0 aliphatic carbocycles. The molecule has 2 aromatic carbocycles. The third-order valence-corrected chi connectivity index (χ3v) is 4.95. The van der Waals surface area contributed by atoms with Gasteiger partial charge in [-0.25, -0.2) is 9.59 Å². The second kappa shape index (κ2) is 10.5. The number of anilines is 1. The molecule has 0 radical (unpaired) electrons. The Balaban J connectivity index is 1.61. The van der Waals surface area contributed by atoms with Crippen LogP contribution in [0.15, 0.2) is 54.6 Å². The quantitative estimate of drug-likeness (QED) is 0.515. The van der Waals surface area contributed by atoms with Crippen LogP contribution in [0.5, 0.6) is 5.75 Å². The minimum absolute atomic E-state index is 0.0625. The van der Waals surface area contributed by atoms with E-state index in [0.29, 0.717) is 18.9 Å². The highest BCUT2D eigenvalue weighted by atomic mass is 16.5. The fourth-order valence-corrected chi connectivity index (χ4v) is 3.54. The van der Waals surface area contributed by atoms with Crippen LogP contribution in [0.1, 0.15) is 43.9 Å². The predicted molar refractivity (Wildman–Crippen MR) is 117 cm³/mol. The Morgan fingerprint density at radius 1 is 1.07 bits per heavy atom. The van der Waals surface area contributed by atoms with Crippen LogP contribution in [0.4, 0.5) is 10.5 Å². The number of ether oxygens (including phenoxy) is 2. The third kappa shape index (κ3) is 5.63. The molecular formula is C24H28N2O4. The van der Waals surface area contributed by atoms with Crippen molar-refractivity contribution in [1.29, 1.82) is 0 Å². The molecule has 0 aromatic heterocycles. The summed E-state index contributed by atoms with van der Waals surface area (Å²) in [5.74, 6) is 0.469. The summed E-state index contributed by atoms with van der Waals surface area (Å²) >= 11 is 0. The number of esters is 1. The number of carbonyl (C=O) groups excluding carboxylic acids is 2. The number of amides is 2. The molecule has 1 aliphatic heterocycles. The Kier molecular flexibility index (Phi) is 7.49. The Hall–Kier alpha value is -3.28. The van der Waals surface area contributed by atoms with Crippen molar-refractivity contribution in [2.24, 2.45) is 0 Å². The van der Waals surface area contributed by atoms with Crippen LogP contribution in [0.25, 0.3) is 6.08 Å². The first-order valence-electron chi connectivity index (χ1n) is 10.4. The molecule has 0 saturated carbocycles. The molecule has 2 amide bonds. The molecule has 1 atom stereocenters. The first kappa shape index (κ1) is 21.4. The van der Waals surface area contributed by atoms with Gasteiger partial charge in [-0.05, 0) is 68.2 Å². The van der Waals surface area contributed by atoms with Crippen LogP contribution in [-0.4, -0.2) is 36.7 Å². The fourth-order valence-electron chi connectivity index (χ4n) is 3.54. The van der Waals surface area contributed by atoms with Crippen molar-refractivity contribution in [2.45, 2.75) is 32.7 Å². The standard InChI is InChI=1S/C24H28N2O4/c1-3-29-21-14-10-19(11-15-21)22-6-5-17-26(22)24(28)25-20-12-7-18(8-13-20)9-16-23(27)30-4-2/h7-16,22H,3-6,17H2,1-2H3,(H,25,28). The number of hydrogen-bond acceptors (Lipinski definition) is 4.